The van der Waals surface area contributed by atoms with Gasteiger partial charge in [-0.1, -0.05) is 19.9 Å². The minimum Gasteiger partial charge on any atom is -0.493 e. The molecule has 0 unspecified atom stereocenters. The van der Waals surface area contributed by atoms with Gasteiger partial charge in [0.15, 0.2) is 11.5 Å². The lowest BCUT2D eigenvalue weighted by atomic mass is 9.92. The highest BCUT2D eigenvalue weighted by Crippen LogP contribution is 2.28. The van der Waals surface area contributed by atoms with Crippen LogP contribution in [0.25, 0.3) is 0 Å². The zero-order valence-corrected chi connectivity index (χ0v) is 15.9. The van der Waals surface area contributed by atoms with Gasteiger partial charge in [-0.25, -0.2) is 0 Å². The number of hydrogen-bond acceptors (Lipinski definition) is 4. The van der Waals surface area contributed by atoms with E-state index in [1.807, 2.05) is 18.2 Å². The van der Waals surface area contributed by atoms with Crippen molar-refractivity contribution >= 4 is 5.91 Å². The Morgan fingerprint density at radius 3 is 2.84 bits per heavy atom. The summed E-state index contributed by atoms with van der Waals surface area (Å²) < 4.78 is 11.2. The van der Waals surface area contributed by atoms with Gasteiger partial charge in [-0.05, 0) is 56.3 Å². The molecule has 1 amide bonds. The Balaban J connectivity index is 1.88. The molecule has 1 aromatic carbocycles. The van der Waals surface area contributed by atoms with Gasteiger partial charge in [0.2, 0.25) is 5.91 Å². The SMILES string of the molecule is COc1cc(CNC(=O)[C@H]2CCN[C@@H](C)C2)ccc1OCCC(C)C. The second kappa shape index (κ2) is 9.66. The van der Waals surface area contributed by atoms with E-state index in [-0.39, 0.29) is 11.8 Å². The van der Waals surface area contributed by atoms with Gasteiger partial charge in [0.1, 0.15) is 0 Å². The Morgan fingerprint density at radius 1 is 1.36 bits per heavy atom. The fourth-order valence-electron chi connectivity index (χ4n) is 3.05. The summed E-state index contributed by atoms with van der Waals surface area (Å²) >= 11 is 0. The number of ether oxygens (including phenoxy) is 2. The molecular weight excluding hydrogens is 316 g/mol. The molecule has 25 heavy (non-hydrogen) atoms. The van der Waals surface area contributed by atoms with Crippen LogP contribution in [0.5, 0.6) is 11.5 Å². The summed E-state index contributed by atoms with van der Waals surface area (Å²) in [7, 11) is 1.64. The molecular formula is C20H32N2O3. The summed E-state index contributed by atoms with van der Waals surface area (Å²) in [6.45, 7) is 8.58. The Morgan fingerprint density at radius 2 is 2.16 bits per heavy atom. The highest BCUT2D eigenvalue weighted by atomic mass is 16.5. The first-order valence-corrected chi connectivity index (χ1v) is 9.30. The molecule has 1 fully saturated rings. The number of benzene rings is 1. The van der Waals surface area contributed by atoms with Crippen molar-refractivity contribution in [3.05, 3.63) is 23.8 Å². The smallest absolute Gasteiger partial charge is 0.223 e. The first-order chi connectivity index (χ1) is 12.0. The van der Waals surface area contributed by atoms with E-state index in [0.717, 1.165) is 37.1 Å². The Kier molecular flexibility index (Phi) is 7.56. The maximum atomic E-state index is 12.3. The molecule has 0 aromatic heterocycles. The first kappa shape index (κ1) is 19.6. The van der Waals surface area contributed by atoms with Crippen LogP contribution in [-0.2, 0) is 11.3 Å². The quantitative estimate of drug-likeness (QED) is 0.758. The van der Waals surface area contributed by atoms with Gasteiger partial charge in [0, 0.05) is 18.5 Å². The van der Waals surface area contributed by atoms with Gasteiger partial charge in [0.25, 0.3) is 0 Å². The van der Waals surface area contributed by atoms with Gasteiger partial charge in [0.05, 0.1) is 13.7 Å². The average Bonchev–Trinajstić information content (AvgIpc) is 2.60. The van der Waals surface area contributed by atoms with E-state index in [1.165, 1.54) is 0 Å². The molecule has 1 aromatic rings. The van der Waals surface area contributed by atoms with Gasteiger partial charge >= 0.3 is 0 Å². The Labute approximate surface area is 151 Å². The highest BCUT2D eigenvalue weighted by molar-refractivity contribution is 5.78. The molecule has 2 N–H and O–H groups in total. The summed E-state index contributed by atoms with van der Waals surface area (Å²) in [5.74, 6) is 2.33. The molecule has 140 valence electrons. The molecule has 2 atom stereocenters. The molecule has 1 heterocycles. The number of rotatable bonds is 8. The highest BCUT2D eigenvalue weighted by Gasteiger charge is 2.24. The van der Waals surface area contributed by atoms with E-state index in [9.17, 15) is 4.79 Å². The van der Waals surface area contributed by atoms with E-state index < -0.39 is 0 Å². The van der Waals surface area contributed by atoms with E-state index in [0.29, 0.717) is 30.9 Å². The third-order valence-corrected chi connectivity index (χ3v) is 4.64. The number of carbonyl (C=O) groups excluding carboxylic acids is 1. The minimum atomic E-state index is 0.108. The van der Waals surface area contributed by atoms with Gasteiger partial charge in [-0.3, -0.25) is 4.79 Å². The normalized spacial score (nSPS) is 20.4. The van der Waals surface area contributed by atoms with Crippen molar-refractivity contribution in [2.75, 3.05) is 20.3 Å². The van der Waals surface area contributed by atoms with Crippen LogP contribution in [-0.4, -0.2) is 32.2 Å². The zero-order chi connectivity index (χ0) is 18.2. The number of carbonyl (C=O) groups is 1. The van der Waals surface area contributed by atoms with Crippen LogP contribution in [0.1, 0.15) is 45.6 Å². The van der Waals surface area contributed by atoms with E-state index in [1.54, 1.807) is 7.11 Å². The third kappa shape index (κ3) is 6.24. The number of amides is 1. The first-order valence-electron chi connectivity index (χ1n) is 9.30. The number of nitrogens with one attached hydrogen (secondary N) is 2. The summed E-state index contributed by atoms with van der Waals surface area (Å²) in [5.41, 5.74) is 1.02. The van der Waals surface area contributed by atoms with Crippen LogP contribution >= 0.6 is 0 Å². The van der Waals surface area contributed by atoms with Crippen LogP contribution in [0, 0.1) is 11.8 Å². The summed E-state index contributed by atoms with van der Waals surface area (Å²) in [6, 6.07) is 6.26. The molecule has 5 heteroatoms. The van der Waals surface area contributed by atoms with Crippen molar-refractivity contribution in [1.29, 1.82) is 0 Å². The lowest BCUT2D eigenvalue weighted by Gasteiger charge is -2.27. The Bertz CT molecular complexity index is 560. The molecule has 2 rings (SSSR count). The molecule has 5 nitrogen and oxygen atoms in total. The van der Waals surface area contributed by atoms with Crippen LogP contribution in [0.15, 0.2) is 18.2 Å². The summed E-state index contributed by atoms with van der Waals surface area (Å²) in [5, 5.41) is 6.43. The van der Waals surface area contributed by atoms with Crippen molar-refractivity contribution in [3.8, 4) is 11.5 Å². The molecule has 0 bridgehead atoms. The standard InChI is InChI=1S/C20H32N2O3/c1-14(2)8-10-25-18-6-5-16(12-19(18)24-4)13-22-20(23)17-7-9-21-15(3)11-17/h5-6,12,14-15,17,21H,7-11,13H2,1-4H3,(H,22,23)/t15-,17-/m0/s1. The molecule has 1 saturated heterocycles. The summed E-state index contributed by atoms with van der Waals surface area (Å²) in [4.78, 5) is 12.3. The van der Waals surface area contributed by atoms with Crippen LogP contribution in [0.4, 0.5) is 0 Å². The zero-order valence-electron chi connectivity index (χ0n) is 15.9. The summed E-state index contributed by atoms with van der Waals surface area (Å²) in [6.07, 6.45) is 2.82. The maximum Gasteiger partial charge on any atom is 0.223 e. The molecule has 1 aliphatic rings. The number of methoxy groups -OCH3 is 1. The molecule has 0 radical (unpaired) electrons. The molecule has 0 aliphatic carbocycles. The minimum absolute atomic E-state index is 0.108. The van der Waals surface area contributed by atoms with Crippen molar-refractivity contribution in [2.24, 2.45) is 11.8 Å². The fourth-order valence-corrected chi connectivity index (χ4v) is 3.05. The van der Waals surface area contributed by atoms with Gasteiger partial charge in [-0.2, -0.15) is 0 Å². The lowest BCUT2D eigenvalue weighted by molar-refractivity contribution is -0.126. The van der Waals surface area contributed by atoms with Crippen LogP contribution in [0.3, 0.4) is 0 Å². The Hall–Kier alpha value is -1.75. The van der Waals surface area contributed by atoms with Gasteiger partial charge < -0.3 is 20.1 Å². The lowest BCUT2D eigenvalue weighted by Crippen LogP contribution is -2.42. The molecule has 0 saturated carbocycles. The van der Waals surface area contributed by atoms with Gasteiger partial charge in [-0.15, -0.1) is 0 Å². The van der Waals surface area contributed by atoms with Crippen molar-refractivity contribution in [2.45, 2.75) is 52.6 Å². The number of hydrogen-bond donors (Lipinski definition) is 2. The predicted molar refractivity (Wildman–Crippen MR) is 100.0 cm³/mol. The molecule has 0 spiro atoms. The third-order valence-electron chi connectivity index (χ3n) is 4.64. The topological polar surface area (TPSA) is 59.6 Å². The van der Waals surface area contributed by atoms with Crippen LogP contribution in [0.2, 0.25) is 0 Å². The number of piperidine rings is 1. The van der Waals surface area contributed by atoms with Crippen LogP contribution < -0.4 is 20.1 Å². The van der Waals surface area contributed by atoms with Crippen molar-refractivity contribution in [3.63, 3.8) is 0 Å². The second-order valence-corrected chi connectivity index (χ2v) is 7.31. The monoisotopic (exact) mass is 348 g/mol. The van der Waals surface area contributed by atoms with E-state index in [2.05, 4.69) is 31.4 Å². The predicted octanol–water partition coefficient (Wildman–Crippen LogP) is 3.12. The van der Waals surface area contributed by atoms with E-state index >= 15 is 0 Å². The fraction of sp³-hybridized carbons (Fsp3) is 0.650. The second-order valence-electron chi connectivity index (χ2n) is 7.31. The maximum absolute atomic E-state index is 12.3. The van der Waals surface area contributed by atoms with Crippen molar-refractivity contribution < 1.29 is 14.3 Å². The van der Waals surface area contributed by atoms with E-state index in [4.69, 9.17) is 9.47 Å². The largest absolute Gasteiger partial charge is 0.493 e. The molecule has 1 aliphatic heterocycles. The average molecular weight is 348 g/mol. The van der Waals surface area contributed by atoms with Crippen molar-refractivity contribution in [1.82, 2.24) is 10.6 Å².